The van der Waals surface area contributed by atoms with Gasteiger partial charge in [-0.1, -0.05) is 13.3 Å². The van der Waals surface area contributed by atoms with Gasteiger partial charge in [0.1, 0.15) is 0 Å². The molecule has 1 fully saturated rings. The highest BCUT2D eigenvalue weighted by molar-refractivity contribution is 4.78. The average molecular weight is 157 g/mol. The van der Waals surface area contributed by atoms with Crippen LogP contribution in [0.25, 0.3) is 0 Å². The van der Waals surface area contributed by atoms with E-state index in [1.165, 1.54) is 12.8 Å². The topological polar surface area (TPSA) is 23.5 Å². The zero-order valence-electron chi connectivity index (χ0n) is 7.58. The Bertz CT molecular complexity index is 116. The molecule has 1 rings (SSSR count). The zero-order chi connectivity index (χ0) is 8.27. The number of aliphatic hydroxyl groups excluding tert-OH is 1. The summed E-state index contributed by atoms with van der Waals surface area (Å²) >= 11 is 0. The molecule has 11 heavy (non-hydrogen) atoms. The molecule has 0 radical (unpaired) electrons. The maximum absolute atomic E-state index is 9.28. The van der Waals surface area contributed by atoms with E-state index in [-0.39, 0.29) is 6.10 Å². The van der Waals surface area contributed by atoms with E-state index in [9.17, 15) is 5.11 Å². The van der Waals surface area contributed by atoms with Crippen molar-refractivity contribution in [2.45, 2.75) is 45.3 Å². The van der Waals surface area contributed by atoms with Crippen LogP contribution in [0.15, 0.2) is 0 Å². The summed E-state index contributed by atoms with van der Waals surface area (Å²) in [6, 6.07) is 0.664. The highest BCUT2D eigenvalue weighted by Crippen LogP contribution is 2.14. The third-order valence-electron chi connectivity index (χ3n) is 2.52. The van der Waals surface area contributed by atoms with Crippen LogP contribution in [0.2, 0.25) is 0 Å². The van der Waals surface area contributed by atoms with Crippen LogP contribution >= 0.6 is 0 Å². The van der Waals surface area contributed by atoms with Crippen LogP contribution in [0, 0.1) is 0 Å². The van der Waals surface area contributed by atoms with Crippen LogP contribution in [-0.4, -0.2) is 35.2 Å². The number of hydrogen-bond donors (Lipinski definition) is 1. The number of likely N-dealkylation sites (tertiary alicyclic amines) is 1. The fourth-order valence-corrected chi connectivity index (χ4v) is 1.77. The van der Waals surface area contributed by atoms with Gasteiger partial charge in [-0.15, -0.1) is 0 Å². The molecule has 66 valence electrons. The second kappa shape index (κ2) is 4.07. The molecule has 0 saturated carbocycles. The van der Waals surface area contributed by atoms with E-state index in [4.69, 9.17) is 0 Å². The molecule has 1 heterocycles. The summed E-state index contributed by atoms with van der Waals surface area (Å²) in [5.74, 6) is 0. The maximum Gasteiger partial charge on any atom is 0.0679 e. The lowest BCUT2D eigenvalue weighted by atomic mass is 10.2. The van der Waals surface area contributed by atoms with Gasteiger partial charge in [-0.3, -0.25) is 4.90 Å². The summed E-state index contributed by atoms with van der Waals surface area (Å²) in [6.45, 7) is 6.44. The van der Waals surface area contributed by atoms with Crippen molar-refractivity contribution in [3.05, 3.63) is 0 Å². The predicted octanol–water partition coefficient (Wildman–Crippen LogP) is 1.24. The van der Waals surface area contributed by atoms with Gasteiger partial charge in [-0.25, -0.2) is 0 Å². The summed E-state index contributed by atoms with van der Waals surface area (Å²) in [6.07, 6.45) is 3.41. The van der Waals surface area contributed by atoms with Crippen LogP contribution in [0.4, 0.5) is 0 Å². The van der Waals surface area contributed by atoms with Crippen molar-refractivity contribution in [1.29, 1.82) is 0 Å². The third-order valence-corrected chi connectivity index (χ3v) is 2.52. The molecule has 0 aromatic rings. The largest absolute Gasteiger partial charge is 0.392 e. The van der Waals surface area contributed by atoms with Crippen LogP contribution in [0.3, 0.4) is 0 Å². The van der Waals surface area contributed by atoms with Gasteiger partial charge >= 0.3 is 0 Å². The number of hydrogen-bond acceptors (Lipinski definition) is 2. The Morgan fingerprint density at radius 2 is 2.36 bits per heavy atom. The Kier molecular flexibility index (Phi) is 3.34. The smallest absolute Gasteiger partial charge is 0.0679 e. The SMILES string of the molecule is CCCC(C)N1CC[C@H](O)C1. The van der Waals surface area contributed by atoms with Gasteiger partial charge in [-0.2, -0.15) is 0 Å². The number of aliphatic hydroxyl groups is 1. The minimum Gasteiger partial charge on any atom is -0.392 e. The third kappa shape index (κ3) is 2.46. The first-order valence-electron chi connectivity index (χ1n) is 4.66. The molecule has 2 atom stereocenters. The van der Waals surface area contributed by atoms with Crippen molar-refractivity contribution in [3.8, 4) is 0 Å². The lowest BCUT2D eigenvalue weighted by Gasteiger charge is -2.22. The lowest BCUT2D eigenvalue weighted by Crippen LogP contribution is -2.31. The highest BCUT2D eigenvalue weighted by atomic mass is 16.3. The van der Waals surface area contributed by atoms with Crippen LogP contribution in [0.5, 0.6) is 0 Å². The molecule has 0 aromatic carbocycles. The molecule has 1 aliphatic heterocycles. The van der Waals surface area contributed by atoms with Crippen LogP contribution in [-0.2, 0) is 0 Å². The predicted molar refractivity (Wildman–Crippen MR) is 46.6 cm³/mol. The molecule has 0 spiro atoms. The molecule has 1 N–H and O–H groups in total. The fourth-order valence-electron chi connectivity index (χ4n) is 1.77. The quantitative estimate of drug-likeness (QED) is 0.666. The van der Waals surface area contributed by atoms with E-state index < -0.39 is 0 Å². The van der Waals surface area contributed by atoms with E-state index >= 15 is 0 Å². The second-order valence-electron chi connectivity index (χ2n) is 3.58. The van der Waals surface area contributed by atoms with Crippen molar-refractivity contribution in [1.82, 2.24) is 4.90 Å². The Hall–Kier alpha value is -0.0800. The second-order valence-corrected chi connectivity index (χ2v) is 3.58. The molecule has 2 heteroatoms. The van der Waals surface area contributed by atoms with Crippen molar-refractivity contribution in [2.24, 2.45) is 0 Å². The summed E-state index contributed by atoms with van der Waals surface area (Å²) in [4.78, 5) is 2.38. The normalized spacial score (nSPS) is 29.2. The number of nitrogens with zero attached hydrogens (tertiary/aromatic N) is 1. The summed E-state index contributed by atoms with van der Waals surface area (Å²) in [5, 5.41) is 9.28. The number of β-amino-alcohol motifs (C(OH)–C–C–N with tert-alkyl or cyclic N) is 1. The zero-order valence-corrected chi connectivity index (χ0v) is 7.58. The van der Waals surface area contributed by atoms with Crippen molar-refractivity contribution in [2.75, 3.05) is 13.1 Å². The monoisotopic (exact) mass is 157 g/mol. The molecular formula is C9H19NO. The van der Waals surface area contributed by atoms with Gasteiger partial charge in [0, 0.05) is 19.1 Å². The van der Waals surface area contributed by atoms with Crippen molar-refractivity contribution < 1.29 is 5.11 Å². The average Bonchev–Trinajstić information content (AvgIpc) is 2.36. The fraction of sp³-hybridized carbons (Fsp3) is 1.00. The Morgan fingerprint density at radius 3 is 2.82 bits per heavy atom. The molecule has 1 unspecified atom stereocenters. The first-order valence-corrected chi connectivity index (χ1v) is 4.66. The Labute approximate surface area is 69.2 Å². The van der Waals surface area contributed by atoms with E-state index in [1.807, 2.05) is 0 Å². The molecule has 0 aromatic heterocycles. The van der Waals surface area contributed by atoms with Crippen LogP contribution < -0.4 is 0 Å². The molecule has 0 aliphatic carbocycles. The maximum atomic E-state index is 9.28. The standard InChI is InChI=1S/C9H19NO/c1-3-4-8(2)10-6-5-9(11)7-10/h8-9,11H,3-7H2,1-2H3/t8?,9-/m0/s1. The van der Waals surface area contributed by atoms with E-state index in [0.717, 1.165) is 19.5 Å². The Morgan fingerprint density at radius 1 is 1.64 bits per heavy atom. The molecular weight excluding hydrogens is 138 g/mol. The summed E-state index contributed by atoms with van der Waals surface area (Å²) in [7, 11) is 0. The van der Waals surface area contributed by atoms with Crippen molar-refractivity contribution >= 4 is 0 Å². The van der Waals surface area contributed by atoms with Gasteiger partial charge in [-0.05, 0) is 19.8 Å². The van der Waals surface area contributed by atoms with E-state index in [0.29, 0.717) is 6.04 Å². The molecule has 1 saturated heterocycles. The molecule has 2 nitrogen and oxygen atoms in total. The van der Waals surface area contributed by atoms with E-state index in [1.54, 1.807) is 0 Å². The Balaban J connectivity index is 2.25. The van der Waals surface area contributed by atoms with Gasteiger partial charge in [0.15, 0.2) is 0 Å². The van der Waals surface area contributed by atoms with Gasteiger partial charge in [0.2, 0.25) is 0 Å². The minimum atomic E-state index is -0.0608. The first-order chi connectivity index (χ1) is 5.24. The van der Waals surface area contributed by atoms with Crippen molar-refractivity contribution in [3.63, 3.8) is 0 Å². The molecule has 1 aliphatic rings. The van der Waals surface area contributed by atoms with Gasteiger partial charge in [0.05, 0.1) is 6.10 Å². The van der Waals surface area contributed by atoms with E-state index in [2.05, 4.69) is 18.7 Å². The highest BCUT2D eigenvalue weighted by Gasteiger charge is 2.23. The summed E-state index contributed by atoms with van der Waals surface area (Å²) < 4.78 is 0. The first kappa shape index (κ1) is 9.01. The van der Waals surface area contributed by atoms with Gasteiger partial charge in [0.25, 0.3) is 0 Å². The number of rotatable bonds is 3. The van der Waals surface area contributed by atoms with Gasteiger partial charge < -0.3 is 5.11 Å². The molecule has 0 amide bonds. The van der Waals surface area contributed by atoms with Crippen LogP contribution in [0.1, 0.15) is 33.1 Å². The summed E-state index contributed by atoms with van der Waals surface area (Å²) in [5.41, 5.74) is 0. The lowest BCUT2D eigenvalue weighted by molar-refractivity contribution is 0.160. The molecule has 0 bridgehead atoms. The minimum absolute atomic E-state index is 0.0608.